The van der Waals surface area contributed by atoms with E-state index in [1.807, 2.05) is 0 Å². The van der Waals surface area contributed by atoms with Crippen LogP contribution in [0.1, 0.15) is 19.4 Å². The molecule has 7 nitrogen and oxygen atoms in total. The normalized spacial score (nSPS) is 13.9. The Morgan fingerprint density at radius 2 is 1.52 bits per heavy atom. The molecule has 0 unspecified atom stereocenters. The van der Waals surface area contributed by atoms with E-state index in [1.165, 1.54) is 28.6 Å². The SMILES string of the molecule is CCN(Cc1ccc2c(c1)OCO2)S(=O)(=O)c1ccc(S(=O)(=O)CC)cc1. The lowest BCUT2D eigenvalue weighted by molar-refractivity contribution is 0.174. The van der Waals surface area contributed by atoms with Gasteiger partial charge in [-0.3, -0.25) is 0 Å². The minimum absolute atomic E-state index is 0.0374. The zero-order chi connectivity index (χ0) is 19.7. The molecule has 2 aromatic rings. The van der Waals surface area contributed by atoms with Gasteiger partial charge >= 0.3 is 0 Å². The Kier molecular flexibility index (Phi) is 5.45. The molecule has 0 N–H and O–H groups in total. The Balaban J connectivity index is 1.85. The number of benzene rings is 2. The molecule has 0 atom stereocenters. The minimum Gasteiger partial charge on any atom is -0.454 e. The van der Waals surface area contributed by atoms with Crippen LogP contribution < -0.4 is 9.47 Å². The summed E-state index contributed by atoms with van der Waals surface area (Å²) in [5.41, 5.74) is 0.773. The topological polar surface area (TPSA) is 90.0 Å². The van der Waals surface area contributed by atoms with Crippen LogP contribution in [0.25, 0.3) is 0 Å². The van der Waals surface area contributed by atoms with Crippen molar-refractivity contribution in [1.82, 2.24) is 4.31 Å². The first-order chi connectivity index (χ1) is 12.8. The van der Waals surface area contributed by atoms with Crippen LogP contribution in [0.3, 0.4) is 0 Å². The first-order valence-corrected chi connectivity index (χ1v) is 11.6. The molecule has 0 amide bonds. The molecule has 0 saturated heterocycles. The third-order valence-corrected chi connectivity index (χ3v) is 8.03. The quantitative estimate of drug-likeness (QED) is 0.695. The minimum atomic E-state index is -3.77. The fourth-order valence-electron chi connectivity index (χ4n) is 2.74. The number of rotatable bonds is 7. The first-order valence-electron chi connectivity index (χ1n) is 8.49. The van der Waals surface area contributed by atoms with Crippen LogP contribution in [0, 0.1) is 0 Å². The summed E-state index contributed by atoms with van der Waals surface area (Å²) >= 11 is 0. The maximum atomic E-state index is 13.0. The third-order valence-electron chi connectivity index (χ3n) is 4.35. The summed E-state index contributed by atoms with van der Waals surface area (Å²) in [5, 5.41) is 0. The molecule has 0 bridgehead atoms. The number of sulfonamides is 1. The number of fused-ring (bicyclic) bond motifs is 1. The van der Waals surface area contributed by atoms with Gasteiger partial charge in [0.15, 0.2) is 21.3 Å². The number of ether oxygens (including phenoxy) is 2. The van der Waals surface area contributed by atoms with Crippen LogP contribution in [-0.4, -0.2) is 40.2 Å². The molecular formula is C18H21NO6S2. The highest BCUT2D eigenvalue weighted by molar-refractivity contribution is 7.91. The molecule has 1 heterocycles. The zero-order valence-electron chi connectivity index (χ0n) is 15.1. The Bertz CT molecular complexity index is 1030. The average Bonchev–Trinajstić information content (AvgIpc) is 3.13. The highest BCUT2D eigenvalue weighted by Crippen LogP contribution is 2.33. The molecule has 0 fully saturated rings. The maximum absolute atomic E-state index is 13.0. The molecule has 2 aromatic carbocycles. The summed E-state index contributed by atoms with van der Waals surface area (Å²) in [6.45, 7) is 3.89. The Hall–Kier alpha value is -2.10. The average molecular weight is 412 g/mol. The van der Waals surface area contributed by atoms with Crippen molar-refractivity contribution in [1.29, 1.82) is 0 Å². The van der Waals surface area contributed by atoms with E-state index >= 15 is 0 Å². The lowest BCUT2D eigenvalue weighted by Crippen LogP contribution is -2.30. The van der Waals surface area contributed by atoms with Crippen molar-refractivity contribution < 1.29 is 26.3 Å². The highest BCUT2D eigenvalue weighted by atomic mass is 32.2. The Morgan fingerprint density at radius 1 is 0.889 bits per heavy atom. The van der Waals surface area contributed by atoms with Crippen molar-refractivity contribution in [2.24, 2.45) is 0 Å². The van der Waals surface area contributed by atoms with Crippen molar-refractivity contribution in [3.63, 3.8) is 0 Å². The van der Waals surface area contributed by atoms with Crippen LogP contribution in [0.5, 0.6) is 11.5 Å². The highest BCUT2D eigenvalue weighted by Gasteiger charge is 2.25. The number of hydrogen-bond acceptors (Lipinski definition) is 6. The molecule has 1 aliphatic heterocycles. The van der Waals surface area contributed by atoms with Gasteiger partial charge in [-0.2, -0.15) is 4.31 Å². The molecule has 9 heteroatoms. The number of sulfone groups is 1. The summed E-state index contributed by atoms with van der Waals surface area (Å²) in [6, 6.07) is 10.6. The lowest BCUT2D eigenvalue weighted by atomic mass is 10.2. The van der Waals surface area contributed by atoms with E-state index in [-0.39, 0.29) is 35.4 Å². The predicted molar refractivity (Wildman–Crippen MR) is 100 cm³/mol. The van der Waals surface area contributed by atoms with Gasteiger partial charge in [-0.05, 0) is 42.0 Å². The van der Waals surface area contributed by atoms with Crippen molar-refractivity contribution >= 4 is 19.9 Å². The molecule has 0 radical (unpaired) electrons. The smallest absolute Gasteiger partial charge is 0.243 e. The van der Waals surface area contributed by atoms with Gasteiger partial charge < -0.3 is 9.47 Å². The van der Waals surface area contributed by atoms with Gasteiger partial charge in [0.1, 0.15) is 0 Å². The van der Waals surface area contributed by atoms with Gasteiger partial charge in [-0.15, -0.1) is 0 Å². The van der Waals surface area contributed by atoms with Gasteiger partial charge in [0.2, 0.25) is 16.8 Å². The standard InChI is InChI=1S/C18H21NO6S2/c1-3-19(12-14-5-10-17-18(11-14)25-13-24-17)27(22,23)16-8-6-15(7-9-16)26(20,21)4-2/h5-11H,3-4,12-13H2,1-2H3. The molecular weight excluding hydrogens is 390 g/mol. The van der Waals surface area contributed by atoms with Gasteiger partial charge in [0.25, 0.3) is 0 Å². The van der Waals surface area contributed by atoms with Crippen molar-refractivity contribution in [3.05, 3.63) is 48.0 Å². The van der Waals surface area contributed by atoms with E-state index in [0.29, 0.717) is 11.5 Å². The van der Waals surface area contributed by atoms with E-state index < -0.39 is 19.9 Å². The van der Waals surface area contributed by atoms with E-state index in [0.717, 1.165) is 5.56 Å². The summed E-state index contributed by atoms with van der Waals surface area (Å²) < 4.78 is 61.6. The third kappa shape index (κ3) is 3.95. The van der Waals surface area contributed by atoms with Crippen LogP contribution in [0.2, 0.25) is 0 Å². The fraction of sp³-hybridized carbons (Fsp3) is 0.333. The van der Waals surface area contributed by atoms with Crippen LogP contribution in [0.15, 0.2) is 52.3 Å². The fourth-order valence-corrected chi connectivity index (χ4v) is 5.07. The summed E-state index contributed by atoms with van der Waals surface area (Å²) in [6.07, 6.45) is 0. The van der Waals surface area contributed by atoms with Crippen LogP contribution >= 0.6 is 0 Å². The largest absolute Gasteiger partial charge is 0.454 e. The predicted octanol–water partition coefficient (Wildman–Crippen LogP) is 2.42. The van der Waals surface area contributed by atoms with Gasteiger partial charge in [-0.25, -0.2) is 16.8 Å². The summed E-state index contributed by atoms with van der Waals surface area (Å²) in [5.74, 6) is 1.19. The number of hydrogen-bond donors (Lipinski definition) is 0. The van der Waals surface area contributed by atoms with Gasteiger partial charge in [-0.1, -0.05) is 19.9 Å². The molecule has 1 aliphatic rings. The Morgan fingerprint density at radius 3 is 2.15 bits per heavy atom. The van der Waals surface area contributed by atoms with E-state index in [2.05, 4.69) is 0 Å². The second kappa shape index (κ2) is 7.49. The van der Waals surface area contributed by atoms with E-state index in [1.54, 1.807) is 32.0 Å². The zero-order valence-corrected chi connectivity index (χ0v) is 16.7. The first kappa shape index (κ1) is 19.7. The second-order valence-corrected chi connectivity index (χ2v) is 10.2. The van der Waals surface area contributed by atoms with Gasteiger partial charge in [0.05, 0.1) is 15.5 Å². The molecule has 27 heavy (non-hydrogen) atoms. The Labute approximate surface area is 159 Å². The van der Waals surface area contributed by atoms with Crippen molar-refractivity contribution in [2.45, 2.75) is 30.2 Å². The molecule has 0 spiro atoms. The van der Waals surface area contributed by atoms with Crippen LogP contribution in [-0.2, 0) is 26.4 Å². The maximum Gasteiger partial charge on any atom is 0.243 e. The molecule has 0 aromatic heterocycles. The second-order valence-electron chi connectivity index (χ2n) is 5.99. The molecule has 3 rings (SSSR count). The lowest BCUT2D eigenvalue weighted by Gasteiger charge is -2.21. The number of nitrogens with zero attached hydrogens (tertiary/aromatic N) is 1. The van der Waals surface area contributed by atoms with Crippen LogP contribution in [0.4, 0.5) is 0 Å². The summed E-state index contributed by atoms with van der Waals surface area (Å²) in [7, 11) is -7.14. The molecule has 0 aliphatic carbocycles. The molecule has 0 saturated carbocycles. The van der Waals surface area contributed by atoms with E-state index in [4.69, 9.17) is 9.47 Å². The van der Waals surface area contributed by atoms with Crippen molar-refractivity contribution in [3.8, 4) is 11.5 Å². The van der Waals surface area contributed by atoms with Crippen molar-refractivity contribution in [2.75, 3.05) is 19.1 Å². The van der Waals surface area contributed by atoms with Gasteiger partial charge in [0, 0.05) is 13.1 Å². The van der Waals surface area contributed by atoms with E-state index in [9.17, 15) is 16.8 Å². The monoisotopic (exact) mass is 411 g/mol. The summed E-state index contributed by atoms with van der Waals surface area (Å²) in [4.78, 5) is 0.169. The molecule has 146 valence electrons.